The Kier molecular flexibility index (Phi) is 7.39. The minimum absolute atomic E-state index is 0.00284. The number of carbonyl (C=O) groups excluding carboxylic acids is 3. The first-order chi connectivity index (χ1) is 14.1. The van der Waals surface area contributed by atoms with E-state index in [2.05, 4.69) is 5.32 Å². The van der Waals surface area contributed by atoms with Gasteiger partial charge in [-0.2, -0.15) is 0 Å². The molecule has 2 amide bonds. The molecule has 6 nitrogen and oxygen atoms in total. The lowest BCUT2D eigenvalue weighted by atomic mass is 10.1. The van der Waals surface area contributed by atoms with E-state index in [1.165, 1.54) is 0 Å². The first-order valence-corrected chi connectivity index (χ1v) is 10.0. The van der Waals surface area contributed by atoms with Gasteiger partial charge in [0.15, 0.2) is 0 Å². The zero-order chi connectivity index (χ0) is 20.5. The van der Waals surface area contributed by atoms with E-state index in [1.807, 2.05) is 30.3 Å². The second-order valence-corrected chi connectivity index (χ2v) is 7.05. The topological polar surface area (TPSA) is 75.7 Å². The number of likely N-dealkylation sites (tertiary alicyclic amines) is 1. The van der Waals surface area contributed by atoms with Gasteiger partial charge in [0, 0.05) is 25.9 Å². The standard InChI is InChI=1S/C23H26N2O4/c26-21(12-13-22(27)29-17-14-18-8-2-1-3-9-18)24-20-11-5-4-10-19(20)23(28)25-15-6-7-16-25/h1-5,8-11H,6-7,12-17H2,(H,24,26). The van der Waals surface area contributed by atoms with Crippen molar-refractivity contribution in [3.05, 3.63) is 65.7 Å². The molecular formula is C23H26N2O4. The molecule has 3 rings (SSSR count). The molecule has 0 aromatic heterocycles. The highest BCUT2D eigenvalue weighted by molar-refractivity contribution is 6.04. The quantitative estimate of drug-likeness (QED) is 0.696. The summed E-state index contributed by atoms with van der Waals surface area (Å²) in [6.07, 6.45) is 2.67. The summed E-state index contributed by atoms with van der Waals surface area (Å²) in [6, 6.07) is 16.7. The number of rotatable bonds is 8. The molecule has 152 valence electrons. The van der Waals surface area contributed by atoms with Crippen LogP contribution in [0, 0.1) is 0 Å². The van der Waals surface area contributed by atoms with Gasteiger partial charge >= 0.3 is 5.97 Å². The van der Waals surface area contributed by atoms with Gasteiger partial charge < -0.3 is 15.0 Å². The van der Waals surface area contributed by atoms with Crippen molar-refractivity contribution in [3.8, 4) is 0 Å². The molecular weight excluding hydrogens is 368 g/mol. The summed E-state index contributed by atoms with van der Waals surface area (Å²) < 4.78 is 5.20. The third-order valence-electron chi connectivity index (χ3n) is 4.88. The van der Waals surface area contributed by atoms with Gasteiger partial charge in [0.1, 0.15) is 0 Å². The summed E-state index contributed by atoms with van der Waals surface area (Å²) in [5.41, 5.74) is 2.05. The zero-order valence-corrected chi connectivity index (χ0v) is 16.4. The molecule has 0 atom stereocenters. The Morgan fingerprint density at radius 3 is 2.34 bits per heavy atom. The maximum absolute atomic E-state index is 12.7. The summed E-state index contributed by atoms with van der Waals surface area (Å²) in [5.74, 6) is -0.789. The number of benzene rings is 2. The number of esters is 1. The van der Waals surface area contributed by atoms with Crippen molar-refractivity contribution in [2.24, 2.45) is 0 Å². The molecule has 0 radical (unpaired) electrons. The lowest BCUT2D eigenvalue weighted by molar-refractivity contribution is -0.144. The summed E-state index contributed by atoms with van der Waals surface area (Å²) in [6.45, 7) is 1.78. The molecule has 1 saturated heterocycles. The summed E-state index contributed by atoms with van der Waals surface area (Å²) in [4.78, 5) is 38.6. The fourth-order valence-electron chi connectivity index (χ4n) is 3.30. The lowest BCUT2D eigenvalue weighted by Crippen LogP contribution is -2.28. The molecule has 1 aliphatic rings. The first-order valence-electron chi connectivity index (χ1n) is 10.0. The van der Waals surface area contributed by atoms with Crippen LogP contribution >= 0.6 is 0 Å². The zero-order valence-electron chi connectivity index (χ0n) is 16.4. The van der Waals surface area contributed by atoms with E-state index in [1.54, 1.807) is 29.2 Å². The lowest BCUT2D eigenvalue weighted by Gasteiger charge is -2.18. The SMILES string of the molecule is O=C(CCC(=O)OCCc1ccccc1)Nc1ccccc1C(=O)N1CCCC1. The Morgan fingerprint density at radius 1 is 0.897 bits per heavy atom. The minimum Gasteiger partial charge on any atom is -0.465 e. The minimum atomic E-state index is -0.405. The number of anilines is 1. The van der Waals surface area contributed by atoms with Crippen molar-refractivity contribution in [2.75, 3.05) is 25.0 Å². The predicted octanol–water partition coefficient (Wildman–Crippen LogP) is 3.43. The van der Waals surface area contributed by atoms with Crippen molar-refractivity contribution >= 4 is 23.5 Å². The van der Waals surface area contributed by atoms with Gasteiger partial charge in [0.05, 0.1) is 24.3 Å². The van der Waals surface area contributed by atoms with Crippen molar-refractivity contribution in [2.45, 2.75) is 32.1 Å². The number of hydrogen-bond donors (Lipinski definition) is 1. The highest BCUT2D eigenvalue weighted by Gasteiger charge is 2.22. The van der Waals surface area contributed by atoms with Crippen LogP contribution in [0.4, 0.5) is 5.69 Å². The molecule has 0 aliphatic carbocycles. The van der Waals surface area contributed by atoms with Gasteiger partial charge in [0.25, 0.3) is 5.91 Å². The largest absolute Gasteiger partial charge is 0.465 e. The normalized spacial score (nSPS) is 13.2. The molecule has 6 heteroatoms. The van der Waals surface area contributed by atoms with Crippen LogP contribution in [0.2, 0.25) is 0 Å². The van der Waals surface area contributed by atoms with E-state index < -0.39 is 5.97 Å². The van der Waals surface area contributed by atoms with Crippen LogP contribution in [-0.4, -0.2) is 42.4 Å². The predicted molar refractivity (Wildman–Crippen MR) is 111 cm³/mol. The van der Waals surface area contributed by atoms with Crippen LogP contribution in [0.25, 0.3) is 0 Å². The van der Waals surface area contributed by atoms with Crippen LogP contribution in [0.5, 0.6) is 0 Å². The molecule has 2 aromatic carbocycles. The molecule has 0 bridgehead atoms. The maximum atomic E-state index is 12.7. The van der Waals surface area contributed by atoms with E-state index in [9.17, 15) is 14.4 Å². The number of para-hydroxylation sites is 1. The van der Waals surface area contributed by atoms with Crippen LogP contribution in [-0.2, 0) is 20.7 Å². The van der Waals surface area contributed by atoms with Crippen molar-refractivity contribution in [1.82, 2.24) is 4.90 Å². The Bertz CT molecular complexity index is 845. The van der Waals surface area contributed by atoms with Gasteiger partial charge in [-0.15, -0.1) is 0 Å². The first kappa shape index (κ1) is 20.6. The number of nitrogens with one attached hydrogen (secondary N) is 1. The average Bonchev–Trinajstić information content (AvgIpc) is 3.28. The van der Waals surface area contributed by atoms with E-state index in [0.29, 0.717) is 17.7 Å². The third-order valence-corrected chi connectivity index (χ3v) is 4.88. The van der Waals surface area contributed by atoms with Crippen LogP contribution in [0.3, 0.4) is 0 Å². The number of ether oxygens (including phenoxy) is 1. The van der Waals surface area contributed by atoms with Crippen LogP contribution in [0.15, 0.2) is 54.6 Å². The van der Waals surface area contributed by atoms with Gasteiger partial charge in [-0.05, 0) is 30.5 Å². The number of nitrogens with zero attached hydrogens (tertiary/aromatic N) is 1. The highest BCUT2D eigenvalue weighted by Crippen LogP contribution is 2.20. The van der Waals surface area contributed by atoms with Crippen molar-refractivity contribution in [1.29, 1.82) is 0 Å². The number of carbonyl (C=O) groups is 3. The Labute approximate surface area is 170 Å². The second kappa shape index (κ2) is 10.4. The average molecular weight is 394 g/mol. The monoisotopic (exact) mass is 394 g/mol. The molecule has 0 saturated carbocycles. The fraction of sp³-hybridized carbons (Fsp3) is 0.348. The van der Waals surface area contributed by atoms with Crippen LogP contribution < -0.4 is 5.32 Å². The van der Waals surface area contributed by atoms with Gasteiger partial charge in [-0.25, -0.2) is 0 Å². The van der Waals surface area contributed by atoms with Gasteiger partial charge in [-0.3, -0.25) is 14.4 Å². The van der Waals surface area contributed by atoms with E-state index in [0.717, 1.165) is 31.5 Å². The van der Waals surface area contributed by atoms with Crippen LogP contribution in [0.1, 0.15) is 41.6 Å². The summed E-state index contributed by atoms with van der Waals surface area (Å²) >= 11 is 0. The Balaban J connectivity index is 1.44. The smallest absolute Gasteiger partial charge is 0.306 e. The van der Waals surface area contributed by atoms with E-state index in [4.69, 9.17) is 4.74 Å². The fourth-order valence-corrected chi connectivity index (χ4v) is 3.30. The third kappa shape index (κ3) is 6.17. The molecule has 0 unspecified atom stereocenters. The molecule has 0 spiro atoms. The van der Waals surface area contributed by atoms with Crippen molar-refractivity contribution in [3.63, 3.8) is 0 Å². The Hall–Kier alpha value is -3.15. The van der Waals surface area contributed by atoms with E-state index >= 15 is 0 Å². The number of hydrogen-bond acceptors (Lipinski definition) is 4. The summed E-state index contributed by atoms with van der Waals surface area (Å²) in [5, 5.41) is 2.76. The van der Waals surface area contributed by atoms with Gasteiger partial charge in [-0.1, -0.05) is 42.5 Å². The molecule has 1 aliphatic heterocycles. The Morgan fingerprint density at radius 2 is 1.59 bits per heavy atom. The van der Waals surface area contributed by atoms with Gasteiger partial charge in [0.2, 0.25) is 5.91 Å². The molecule has 1 fully saturated rings. The van der Waals surface area contributed by atoms with Crippen molar-refractivity contribution < 1.29 is 19.1 Å². The molecule has 1 heterocycles. The highest BCUT2D eigenvalue weighted by atomic mass is 16.5. The summed E-state index contributed by atoms with van der Waals surface area (Å²) in [7, 11) is 0. The molecule has 1 N–H and O–H groups in total. The molecule has 2 aromatic rings. The molecule has 29 heavy (non-hydrogen) atoms. The second-order valence-electron chi connectivity index (χ2n) is 7.05. The maximum Gasteiger partial charge on any atom is 0.306 e. The number of amides is 2. The van der Waals surface area contributed by atoms with E-state index in [-0.39, 0.29) is 31.3 Å².